The van der Waals surface area contributed by atoms with Crippen LogP contribution in [0.5, 0.6) is 0 Å². The summed E-state index contributed by atoms with van der Waals surface area (Å²) in [6.45, 7) is 4.78. The molecule has 1 aliphatic rings. The molecule has 1 aliphatic heterocycles. The molecule has 0 saturated carbocycles. The highest BCUT2D eigenvalue weighted by Gasteiger charge is 2.20. The number of hydrogen-bond donors (Lipinski definition) is 1. The number of hydrogen-bond acceptors (Lipinski definition) is 3. The Morgan fingerprint density at radius 2 is 2.38 bits per heavy atom. The fourth-order valence-corrected chi connectivity index (χ4v) is 2.32. The molecule has 1 saturated heterocycles. The lowest BCUT2D eigenvalue weighted by atomic mass is 10.2. The van der Waals surface area contributed by atoms with Crippen LogP contribution in [0, 0.1) is 0 Å². The van der Waals surface area contributed by atoms with Gasteiger partial charge in [0.1, 0.15) is 0 Å². The zero-order chi connectivity index (χ0) is 11.5. The minimum Gasteiger partial charge on any atom is -0.397 e. The van der Waals surface area contributed by atoms with E-state index in [9.17, 15) is 0 Å². The first kappa shape index (κ1) is 11.7. The monoisotopic (exact) mass is 284 g/mol. The van der Waals surface area contributed by atoms with Crippen molar-refractivity contribution < 1.29 is 4.74 Å². The highest BCUT2D eigenvalue weighted by Crippen LogP contribution is 2.28. The van der Waals surface area contributed by atoms with Gasteiger partial charge >= 0.3 is 0 Å². The van der Waals surface area contributed by atoms with Gasteiger partial charge in [-0.05, 0) is 24.6 Å². The van der Waals surface area contributed by atoms with Crippen molar-refractivity contribution in [1.29, 1.82) is 0 Å². The van der Waals surface area contributed by atoms with Crippen molar-refractivity contribution in [1.82, 2.24) is 0 Å². The number of benzene rings is 1. The predicted molar refractivity (Wildman–Crippen MR) is 70.8 cm³/mol. The Hall–Kier alpha value is -0.740. The molecule has 3 nitrogen and oxygen atoms in total. The van der Waals surface area contributed by atoms with Gasteiger partial charge in [0.15, 0.2) is 0 Å². The average molecular weight is 285 g/mol. The first-order valence-electron chi connectivity index (χ1n) is 5.62. The van der Waals surface area contributed by atoms with Crippen LogP contribution in [0.25, 0.3) is 0 Å². The molecule has 1 unspecified atom stereocenters. The van der Waals surface area contributed by atoms with Gasteiger partial charge in [-0.1, -0.05) is 22.9 Å². The Bertz CT molecular complexity index is 370. The SMILES string of the molecule is CCC1CN(c2cc(Br)ccc2N)CCO1. The third-order valence-electron chi connectivity index (χ3n) is 2.93. The van der Waals surface area contributed by atoms with Crippen LogP contribution in [0.15, 0.2) is 22.7 Å². The number of anilines is 2. The highest BCUT2D eigenvalue weighted by atomic mass is 79.9. The van der Waals surface area contributed by atoms with Gasteiger partial charge < -0.3 is 15.4 Å². The van der Waals surface area contributed by atoms with E-state index in [0.29, 0.717) is 6.10 Å². The van der Waals surface area contributed by atoms with E-state index >= 15 is 0 Å². The van der Waals surface area contributed by atoms with Crippen LogP contribution >= 0.6 is 15.9 Å². The summed E-state index contributed by atoms with van der Waals surface area (Å²) in [6, 6.07) is 5.99. The van der Waals surface area contributed by atoms with E-state index in [1.54, 1.807) is 0 Å². The molecule has 0 aromatic heterocycles. The van der Waals surface area contributed by atoms with Crippen molar-refractivity contribution in [3.8, 4) is 0 Å². The maximum atomic E-state index is 6.00. The molecule has 1 heterocycles. The molecular weight excluding hydrogens is 268 g/mol. The Balaban J connectivity index is 2.19. The second kappa shape index (κ2) is 5.06. The lowest BCUT2D eigenvalue weighted by Crippen LogP contribution is -2.42. The Labute approximate surface area is 105 Å². The van der Waals surface area contributed by atoms with E-state index in [1.165, 1.54) is 0 Å². The number of ether oxygens (including phenoxy) is 1. The van der Waals surface area contributed by atoms with Crippen LogP contribution in [-0.2, 0) is 4.74 Å². The Morgan fingerprint density at radius 3 is 3.12 bits per heavy atom. The number of rotatable bonds is 2. The first-order chi connectivity index (χ1) is 7.70. The maximum absolute atomic E-state index is 6.00. The normalized spacial score (nSPS) is 21.1. The molecular formula is C12H17BrN2O. The van der Waals surface area contributed by atoms with E-state index in [0.717, 1.165) is 42.0 Å². The lowest BCUT2D eigenvalue weighted by molar-refractivity contribution is 0.0385. The third kappa shape index (κ3) is 2.50. The summed E-state index contributed by atoms with van der Waals surface area (Å²) in [5.41, 5.74) is 7.94. The number of nitrogens with zero attached hydrogens (tertiary/aromatic N) is 1. The van der Waals surface area contributed by atoms with Crippen LogP contribution in [0.3, 0.4) is 0 Å². The fraction of sp³-hybridized carbons (Fsp3) is 0.500. The summed E-state index contributed by atoms with van der Waals surface area (Å²) in [4.78, 5) is 2.30. The quantitative estimate of drug-likeness (QED) is 0.849. The van der Waals surface area contributed by atoms with Crippen molar-refractivity contribution in [2.75, 3.05) is 30.3 Å². The topological polar surface area (TPSA) is 38.5 Å². The molecule has 1 aromatic rings. The molecule has 2 N–H and O–H groups in total. The molecule has 1 atom stereocenters. The van der Waals surface area contributed by atoms with Crippen molar-refractivity contribution in [2.45, 2.75) is 19.4 Å². The molecule has 4 heteroatoms. The molecule has 0 aliphatic carbocycles. The highest BCUT2D eigenvalue weighted by molar-refractivity contribution is 9.10. The average Bonchev–Trinajstić information content (AvgIpc) is 2.32. The standard InChI is InChI=1S/C12H17BrN2O/c1-2-10-8-15(5-6-16-10)12-7-9(13)3-4-11(12)14/h3-4,7,10H,2,5-6,8,14H2,1H3. The van der Waals surface area contributed by atoms with Crippen molar-refractivity contribution in [2.24, 2.45) is 0 Å². The van der Waals surface area contributed by atoms with Gasteiger partial charge in [0, 0.05) is 17.6 Å². The number of nitrogen functional groups attached to an aromatic ring is 1. The number of nitrogens with two attached hydrogens (primary N) is 1. The molecule has 2 rings (SSSR count). The van der Waals surface area contributed by atoms with Gasteiger partial charge in [-0.2, -0.15) is 0 Å². The molecule has 88 valence electrons. The van der Waals surface area contributed by atoms with Crippen molar-refractivity contribution in [3.05, 3.63) is 22.7 Å². The number of morpholine rings is 1. The van der Waals surface area contributed by atoms with E-state index in [2.05, 4.69) is 33.8 Å². The molecule has 0 spiro atoms. The van der Waals surface area contributed by atoms with E-state index < -0.39 is 0 Å². The largest absolute Gasteiger partial charge is 0.397 e. The van der Waals surface area contributed by atoms with E-state index in [1.807, 2.05) is 12.1 Å². The summed E-state index contributed by atoms with van der Waals surface area (Å²) < 4.78 is 6.72. The Morgan fingerprint density at radius 1 is 1.56 bits per heavy atom. The van der Waals surface area contributed by atoms with Gasteiger partial charge in [0.05, 0.1) is 24.1 Å². The summed E-state index contributed by atoms with van der Waals surface area (Å²) >= 11 is 3.48. The summed E-state index contributed by atoms with van der Waals surface area (Å²) in [7, 11) is 0. The van der Waals surface area contributed by atoms with Gasteiger partial charge in [-0.3, -0.25) is 0 Å². The van der Waals surface area contributed by atoms with Crippen molar-refractivity contribution in [3.63, 3.8) is 0 Å². The molecule has 1 aromatic carbocycles. The summed E-state index contributed by atoms with van der Waals surface area (Å²) in [5.74, 6) is 0. The Kier molecular flexibility index (Phi) is 3.71. The smallest absolute Gasteiger partial charge is 0.0748 e. The van der Waals surface area contributed by atoms with Crippen molar-refractivity contribution >= 4 is 27.3 Å². The van der Waals surface area contributed by atoms with Gasteiger partial charge in [0.2, 0.25) is 0 Å². The van der Waals surface area contributed by atoms with Crippen LogP contribution in [0.4, 0.5) is 11.4 Å². The van der Waals surface area contributed by atoms with Crippen LogP contribution in [-0.4, -0.2) is 25.8 Å². The van der Waals surface area contributed by atoms with E-state index in [-0.39, 0.29) is 0 Å². The summed E-state index contributed by atoms with van der Waals surface area (Å²) in [6.07, 6.45) is 1.37. The minimum atomic E-state index is 0.326. The van der Waals surface area contributed by atoms with Gasteiger partial charge in [-0.25, -0.2) is 0 Å². The molecule has 0 bridgehead atoms. The third-order valence-corrected chi connectivity index (χ3v) is 3.42. The maximum Gasteiger partial charge on any atom is 0.0748 e. The fourth-order valence-electron chi connectivity index (χ4n) is 1.98. The molecule has 0 radical (unpaired) electrons. The van der Waals surface area contributed by atoms with Gasteiger partial charge in [-0.15, -0.1) is 0 Å². The number of halogens is 1. The molecule has 0 amide bonds. The van der Waals surface area contributed by atoms with Crippen LogP contribution < -0.4 is 10.6 Å². The van der Waals surface area contributed by atoms with Crippen LogP contribution in [0.2, 0.25) is 0 Å². The second-order valence-electron chi connectivity index (χ2n) is 4.05. The minimum absolute atomic E-state index is 0.326. The first-order valence-corrected chi connectivity index (χ1v) is 6.41. The molecule has 16 heavy (non-hydrogen) atoms. The second-order valence-corrected chi connectivity index (χ2v) is 4.97. The van der Waals surface area contributed by atoms with E-state index in [4.69, 9.17) is 10.5 Å². The summed E-state index contributed by atoms with van der Waals surface area (Å²) in [5, 5.41) is 0. The zero-order valence-corrected chi connectivity index (χ0v) is 11.0. The zero-order valence-electron chi connectivity index (χ0n) is 9.45. The van der Waals surface area contributed by atoms with Gasteiger partial charge in [0.25, 0.3) is 0 Å². The predicted octanol–water partition coefficient (Wildman–Crippen LogP) is 2.65. The molecule has 1 fully saturated rings. The van der Waals surface area contributed by atoms with Crippen LogP contribution in [0.1, 0.15) is 13.3 Å². The lowest BCUT2D eigenvalue weighted by Gasteiger charge is -2.34.